The smallest absolute Gasteiger partial charge is 0.351 e. The number of hydrogen-bond acceptors (Lipinski definition) is 4. The molecule has 0 saturated carbocycles. The van der Waals surface area contributed by atoms with Crippen molar-refractivity contribution in [3.8, 4) is 0 Å². The van der Waals surface area contributed by atoms with Gasteiger partial charge < -0.3 is 17.7 Å². The molecule has 0 radical (unpaired) electrons. The van der Waals surface area contributed by atoms with Crippen molar-refractivity contribution < 1.29 is 17.7 Å². The van der Waals surface area contributed by atoms with E-state index in [1.165, 1.54) is 83.5 Å². The quantitative estimate of drug-likeness (QED) is 0.0950. The van der Waals surface area contributed by atoms with Crippen LogP contribution in [0, 0.1) is 0 Å². The molecule has 0 heterocycles. The third kappa shape index (κ3) is 18.3. The minimum Gasteiger partial charge on any atom is -0.351 e. The van der Waals surface area contributed by atoms with Crippen molar-refractivity contribution >= 4 is 9.05 Å². The summed E-state index contributed by atoms with van der Waals surface area (Å²) in [7, 11) is -2.91. The van der Waals surface area contributed by atoms with Gasteiger partial charge in [-0.2, -0.15) is 0 Å². The highest BCUT2D eigenvalue weighted by molar-refractivity contribution is 6.53. The lowest BCUT2D eigenvalue weighted by molar-refractivity contribution is -0.0280. The standard InChI is InChI=1S/C24H50O4Si/c1-5-9-10-11-12-13-14-15-16-17-18-19-20-21-22-23-24-28-29(25-6-2,26-7-3)27-8-4/h15-16H,5-14,17-24H2,1-4H3/b16-15-. The maximum atomic E-state index is 5.93. The van der Waals surface area contributed by atoms with Gasteiger partial charge in [-0.3, -0.25) is 0 Å². The zero-order valence-electron chi connectivity index (χ0n) is 20.0. The first kappa shape index (κ1) is 28.8. The minimum absolute atomic E-state index is 0.555. The lowest BCUT2D eigenvalue weighted by Crippen LogP contribution is -2.49. The zero-order valence-corrected chi connectivity index (χ0v) is 21.0. The van der Waals surface area contributed by atoms with E-state index in [1.807, 2.05) is 20.8 Å². The van der Waals surface area contributed by atoms with E-state index >= 15 is 0 Å². The molecule has 0 atom stereocenters. The monoisotopic (exact) mass is 430 g/mol. The summed E-state index contributed by atoms with van der Waals surface area (Å²) in [5, 5.41) is 0. The number of allylic oxidation sites excluding steroid dienone is 2. The van der Waals surface area contributed by atoms with Gasteiger partial charge >= 0.3 is 9.05 Å². The summed E-state index contributed by atoms with van der Waals surface area (Å²) in [4.78, 5) is 0. The van der Waals surface area contributed by atoms with Gasteiger partial charge in [-0.25, -0.2) is 0 Å². The molecule has 0 bridgehead atoms. The third-order valence-electron chi connectivity index (χ3n) is 4.90. The van der Waals surface area contributed by atoms with Crippen LogP contribution >= 0.6 is 0 Å². The highest BCUT2D eigenvalue weighted by Crippen LogP contribution is 2.14. The largest absolute Gasteiger partial charge is 0.679 e. The minimum atomic E-state index is -2.91. The molecule has 0 aliphatic carbocycles. The lowest BCUT2D eigenvalue weighted by Gasteiger charge is -2.26. The van der Waals surface area contributed by atoms with Crippen LogP contribution in [0.15, 0.2) is 12.2 Å². The van der Waals surface area contributed by atoms with Gasteiger partial charge in [0.05, 0.1) is 0 Å². The molecular weight excluding hydrogens is 380 g/mol. The predicted molar refractivity (Wildman–Crippen MR) is 126 cm³/mol. The van der Waals surface area contributed by atoms with Crippen LogP contribution in [-0.4, -0.2) is 35.5 Å². The Balaban J connectivity index is 3.52. The molecule has 0 rings (SSSR count). The summed E-state index contributed by atoms with van der Waals surface area (Å²) in [6.07, 6.45) is 23.1. The second-order valence-electron chi connectivity index (χ2n) is 7.59. The Morgan fingerprint density at radius 3 is 1.34 bits per heavy atom. The van der Waals surface area contributed by atoms with Crippen LogP contribution in [0.2, 0.25) is 0 Å². The van der Waals surface area contributed by atoms with Crippen molar-refractivity contribution in [2.45, 2.75) is 118 Å². The molecule has 174 valence electrons. The van der Waals surface area contributed by atoms with E-state index < -0.39 is 9.05 Å². The Morgan fingerprint density at radius 1 is 0.483 bits per heavy atom. The van der Waals surface area contributed by atoms with E-state index in [1.54, 1.807) is 0 Å². The molecule has 0 N–H and O–H groups in total. The molecule has 0 aromatic carbocycles. The number of rotatable bonds is 23. The Morgan fingerprint density at radius 2 is 0.897 bits per heavy atom. The van der Waals surface area contributed by atoms with Crippen LogP contribution in [0.25, 0.3) is 0 Å². The first-order valence-electron chi connectivity index (χ1n) is 12.4. The van der Waals surface area contributed by atoms with Gasteiger partial charge in [0.15, 0.2) is 0 Å². The normalized spacial score (nSPS) is 12.3. The van der Waals surface area contributed by atoms with E-state index in [-0.39, 0.29) is 0 Å². The highest BCUT2D eigenvalue weighted by atomic mass is 28.4. The average molecular weight is 431 g/mol. The van der Waals surface area contributed by atoms with Gasteiger partial charge in [0, 0.05) is 26.4 Å². The van der Waals surface area contributed by atoms with E-state index in [2.05, 4.69) is 19.1 Å². The molecule has 0 unspecified atom stereocenters. The van der Waals surface area contributed by atoms with Gasteiger partial charge in [-0.1, -0.05) is 76.9 Å². The SMILES string of the molecule is CCCCCCCC/C=C\CCCCCCCCO[Si](OCC)(OCC)OCC. The average Bonchev–Trinajstić information content (AvgIpc) is 2.71. The Bertz CT molecular complexity index is 333. The van der Waals surface area contributed by atoms with E-state index in [0.29, 0.717) is 26.4 Å². The van der Waals surface area contributed by atoms with Crippen molar-refractivity contribution in [3.63, 3.8) is 0 Å². The summed E-state index contributed by atoms with van der Waals surface area (Å²) >= 11 is 0. The fraction of sp³-hybridized carbons (Fsp3) is 0.917. The molecule has 0 aromatic rings. The fourth-order valence-corrected chi connectivity index (χ4v) is 5.28. The molecule has 4 nitrogen and oxygen atoms in total. The van der Waals surface area contributed by atoms with Gasteiger partial charge in [-0.05, 0) is 52.9 Å². The van der Waals surface area contributed by atoms with Crippen molar-refractivity contribution in [3.05, 3.63) is 12.2 Å². The highest BCUT2D eigenvalue weighted by Gasteiger charge is 2.44. The molecule has 0 saturated heterocycles. The molecule has 29 heavy (non-hydrogen) atoms. The first-order chi connectivity index (χ1) is 14.2. The maximum Gasteiger partial charge on any atom is 0.679 e. The van der Waals surface area contributed by atoms with Crippen LogP contribution in [0.4, 0.5) is 0 Å². The fourth-order valence-electron chi connectivity index (χ4n) is 3.33. The van der Waals surface area contributed by atoms with Crippen LogP contribution in [0.1, 0.15) is 118 Å². The van der Waals surface area contributed by atoms with E-state index in [9.17, 15) is 0 Å². The number of hydrogen-bond donors (Lipinski definition) is 0. The van der Waals surface area contributed by atoms with Crippen molar-refractivity contribution in [2.24, 2.45) is 0 Å². The van der Waals surface area contributed by atoms with Gasteiger partial charge in [0.2, 0.25) is 0 Å². The van der Waals surface area contributed by atoms with E-state index in [4.69, 9.17) is 17.7 Å². The van der Waals surface area contributed by atoms with Crippen LogP contribution in [0.3, 0.4) is 0 Å². The summed E-state index contributed by atoms with van der Waals surface area (Å²) in [5.41, 5.74) is 0. The topological polar surface area (TPSA) is 36.9 Å². The van der Waals surface area contributed by atoms with E-state index in [0.717, 1.165) is 6.42 Å². The molecule has 5 heteroatoms. The molecule has 0 aliphatic rings. The summed E-state index contributed by atoms with van der Waals surface area (Å²) < 4.78 is 23.0. The molecule has 0 amide bonds. The van der Waals surface area contributed by atoms with Crippen LogP contribution in [-0.2, 0) is 17.7 Å². The molecule has 0 aliphatic heterocycles. The van der Waals surface area contributed by atoms with Crippen LogP contribution in [0.5, 0.6) is 0 Å². The summed E-state index contributed by atoms with van der Waals surface area (Å²) in [6, 6.07) is 0. The Kier molecular flexibility index (Phi) is 22.3. The Labute approximate surface area is 183 Å². The third-order valence-corrected chi connectivity index (χ3v) is 7.38. The van der Waals surface area contributed by atoms with Gasteiger partial charge in [0.1, 0.15) is 0 Å². The lowest BCUT2D eigenvalue weighted by atomic mass is 10.1. The predicted octanol–water partition coefficient (Wildman–Crippen LogP) is 7.59. The second-order valence-corrected chi connectivity index (χ2v) is 9.74. The second kappa shape index (κ2) is 22.5. The van der Waals surface area contributed by atoms with Crippen molar-refractivity contribution in [2.75, 3.05) is 26.4 Å². The molecular formula is C24H50O4Si. The summed E-state index contributed by atoms with van der Waals surface area (Å²) in [6.45, 7) is 10.5. The van der Waals surface area contributed by atoms with Crippen LogP contribution < -0.4 is 0 Å². The van der Waals surface area contributed by atoms with Crippen molar-refractivity contribution in [1.29, 1.82) is 0 Å². The Hall–Kier alpha value is -0.203. The molecule has 0 fully saturated rings. The molecule has 0 aromatic heterocycles. The molecule has 0 spiro atoms. The first-order valence-corrected chi connectivity index (χ1v) is 14.1. The summed E-state index contributed by atoms with van der Waals surface area (Å²) in [5.74, 6) is 0. The maximum absolute atomic E-state index is 5.93. The van der Waals surface area contributed by atoms with Gasteiger partial charge in [-0.15, -0.1) is 0 Å². The van der Waals surface area contributed by atoms with Crippen molar-refractivity contribution in [1.82, 2.24) is 0 Å². The van der Waals surface area contributed by atoms with Gasteiger partial charge in [0.25, 0.3) is 0 Å². The zero-order chi connectivity index (χ0) is 21.5. The number of unbranched alkanes of at least 4 members (excludes halogenated alkanes) is 12.